The van der Waals surface area contributed by atoms with E-state index in [4.69, 9.17) is 28.4 Å². The number of nitrogens with one attached hydrogen (secondary N) is 1. The number of carbonyl (C=O) groups excluding carboxylic acids is 1. The zero-order valence-corrected chi connectivity index (χ0v) is 24.3. The molecule has 1 aliphatic carbocycles. The van der Waals surface area contributed by atoms with Gasteiger partial charge in [-0.2, -0.15) is 0 Å². The summed E-state index contributed by atoms with van der Waals surface area (Å²) in [5.74, 6) is 0.448. The van der Waals surface area contributed by atoms with Crippen LogP contribution in [0.2, 0.25) is 0 Å². The predicted molar refractivity (Wildman–Crippen MR) is 150 cm³/mol. The summed E-state index contributed by atoms with van der Waals surface area (Å²) >= 11 is 0. The van der Waals surface area contributed by atoms with Gasteiger partial charge in [-0.25, -0.2) is 4.79 Å². The Morgan fingerprint density at radius 1 is 1.00 bits per heavy atom. The van der Waals surface area contributed by atoms with Gasteiger partial charge in [-0.05, 0) is 56.9 Å². The molecule has 8 heteroatoms. The maximum atomic E-state index is 13.1. The molecule has 3 fully saturated rings. The quantitative estimate of drug-likeness (QED) is 0.206. The van der Waals surface area contributed by atoms with E-state index in [0.717, 1.165) is 37.9 Å². The van der Waals surface area contributed by atoms with Gasteiger partial charge < -0.3 is 28.4 Å². The SMILES string of the molecule is CCCCCCCO[C@H]1O[C@H](C(CC2CCCCCC2)OC(=O)Nc2ccc(OC)cc2)[C@@H]2OC(C)(C)O[C@H]12. The minimum absolute atomic E-state index is 0.356. The van der Waals surface area contributed by atoms with Crippen LogP contribution in [0.4, 0.5) is 10.5 Å². The Labute approximate surface area is 234 Å². The predicted octanol–water partition coefficient (Wildman–Crippen LogP) is 7.20. The summed E-state index contributed by atoms with van der Waals surface area (Å²) < 4.78 is 36.6. The molecule has 4 rings (SSSR count). The molecular weight excluding hydrogens is 498 g/mol. The van der Waals surface area contributed by atoms with E-state index in [1.165, 1.54) is 44.9 Å². The van der Waals surface area contributed by atoms with E-state index in [9.17, 15) is 4.79 Å². The van der Waals surface area contributed by atoms with Crippen LogP contribution in [0.1, 0.15) is 97.8 Å². The first-order valence-electron chi connectivity index (χ1n) is 15.1. The van der Waals surface area contributed by atoms with Crippen molar-refractivity contribution in [3.8, 4) is 5.75 Å². The Morgan fingerprint density at radius 3 is 2.38 bits per heavy atom. The zero-order valence-electron chi connectivity index (χ0n) is 24.3. The second-order valence-electron chi connectivity index (χ2n) is 11.7. The second-order valence-corrected chi connectivity index (χ2v) is 11.7. The molecule has 1 saturated carbocycles. The fourth-order valence-corrected chi connectivity index (χ4v) is 6.07. The smallest absolute Gasteiger partial charge is 0.411 e. The lowest BCUT2D eigenvalue weighted by Gasteiger charge is -2.31. The molecule has 39 heavy (non-hydrogen) atoms. The van der Waals surface area contributed by atoms with Gasteiger partial charge in [0.25, 0.3) is 0 Å². The summed E-state index contributed by atoms with van der Waals surface area (Å²) in [5, 5.41) is 2.87. The fourth-order valence-electron chi connectivity index (χ4n) is 6.07. The summed E-state index contributed by atoms with van der Waals surface area (Å²) in [6, 6.07) is 7.20. The van der Waals surface area contributed by atoms with Crippen molar-refractivity contribution in [2.24, 2.45) is 5.92 Å². The highest BCUT2D eigenvalue weighted by Gasteiger charge is 2.58. The monoisotopic (exact) mass is 547 g/mol. The molecule has 8 nitrogen and oxygen atoms in total. The molecule has 2 aliphatic heterocycles. The van der Waals surface area contributed by atoms with Crippen molar-refractivity contribution in [3.05, 3.63) is 24.3 Å². The van der Waals surface area contributed by atoms with E-state index in [0.29, 0.717) is 18.2 Å². The van der Waals surface area contributed by atoms with E-state index < -0.39 is 30.4 Å². The van der Waals surface area contributed by atoms with Crippen LogP contribution in [0, 0.1) is 5.92 Å². The summed E-state index contributed by atoms with van der Waals surface area (Å²) in [6.07, 6.45) is 11.1. The Bertz CT molecular complexity index is 868. The number of ether oxygens (including phenoxy) is 6. The van der Waals surface area contributed by atoms with Gasteiger partial charge in [0.2, 0.25) is 0 Å². The number of hydrogen-bond donors (Lipinski definition) is 1. The first kappa shape index (κ1) is 30.1. The highest BCUT2D eigenvalue weighted by molar-refractivity contribution is 5.84. The number of methoxy groups -OCH3 is 1. The summed E-state index contributed by atoms with van der Waals surface area (Å²) in [4.78, 5) is 13.1. The van der Waals surface area contributed by atoms with Crippen LogP contribution in [0.25, 0.3) is 0 Å². The summed E-state index contributed by atoms with van der Waals surface area (Å²) in [6.45, 7) is 6.66. The van der Waals surface area contributed by atoms with Crippen molar-refractivity contribution in [1.29, 1.82) is 0 Å². The van der Waals surface area contributed by atoms with Crippen molar-refractivity contribution < 1.29 is 33.2 Å². The molecule has 1 N–H and O–H groups in total. The highest BCUT2D eigenvalue weighted by atomic mass is 16.8. The third-order valence-electron chi connectivity index (χ3n) is 8.08. The van der Waals surface area contributed by atoms with E-state index >= 15 is 0 Å². The normalized spacial score (nSPS) is 27.5. The molecule has 2 heterocycles. The molecule has 5 atom stereocenters. The van der Waals surface area contributed by atoms with Crippen LogP contribution in [0.3, 0.4) is 0 Å². The number of amides is 1. The lowest BCUT2D eigenvalue weighted by atomic mass is 9.90. The molecule has 1 amide bonds. The zero-order chi connectivity index (χ0) is 27.7. The van der Waals surface area contributed by atoms with Crippen LogP contribution in [-0.4, -0.2) is 56.3 Å². The van der Waals surface area contributed by atoms with Crippen molar-refractivity contribution in [2.45, 2.75) is 134 Å². The van der Waals surface area contributed by atoms with Gasteiger partial charge >= 0.3 is 6.09 Å². The standard InChI is InChI=1S/C31H49NO7/c1-5-6-7-10-13-20-35-29-28-27(38-31(2,3)39-28)26(37-29)25(21-22-14-11-8-9-12-15-22)36-30(33)32-23-16-18-24(34-4)19-17-23/h16-19,22,25-29H,5-15,20-21H2,1-4H3,(H,32,33)/t25?,26-,27+,28+,29+/m1/s1. The van der Waals surface area contributed by atoms with Crippen molar-refractivity contribution in [1.82, 2.24) is 0 Å². The van der Waals surface area contributed by atoms with E-state index in [1.807, 2.05) is 13.8 Å². The van der Waals surface area contributed by atoms with Gasteiger partial charge in [0.15, 0.2) is 12.1 Å². The number of rotatable bonds is 13. The summed E-state index contributed by atoms with van der Waals surface area (Å²) in [5.41, 5.74) is 0.644. The first-order chi connectivity index (χ1) is 18.9. The van der Waals surface area contributed by atoms with Gasteiger partial charge in [-0.3, -0.25) is 5.32 Å². The molecule has 2 saturated heterocycles. The number of hydrogen-bond acceptors (Lipinski definition) is 7. The molecular formula is C31H49NO7. The topological polar surface area (TPSA) is 84.5 Å². The van der Waals surface area contributed by atoms with Crippen LogP contribution in [-0.2, 0) is 23.7 Å². The Balaban J connectivity index is 1.45. The van der Waals surface area contributed by atoms with Crippen LogP contribution in [0.5, 0.6) is 5.75 Å². The molecule has 1 aromatic carbocycles. The lowest BCUT2D eigenvalue weighted by Crippen LogP contribution is -2.42. The number of anilines is 1. The number of carbonyl (C=O) groups is 1. The fraction of sp³-hybridized carbons (Fsp3) is 0.774. The third-order valence-corrected chi connectivity index (χ3v) is 8.08. The largest absolute Gasteiger partial charge is 0.497 e. The second kappa shape index (κ2) is 14.7. The lowest BCUT2D eigenvalue weighted by molar-refractivity contribution is -0.243. The molecule has 3 aliphatic rings. The van der Waals surface area contributed by atoms with Gasteiger partial charge in [-0.15, -0.1) is 0 Å². The van der Waals surface area contributed by atoms with Crippen molar-refractivity contribution in [2.75, 3.05) is 19.0 Å². The maximum Gasteiger partial charge on any atom is 0.411 e. The van der Waals surface area contributed by atoms with E-state index in [1.54, 1.807) is 31.4 Å². The van der Waals surface area contributed by atoms with Crippen molar-refractivity contribution >= 4 is 11.8 Å². The van der Waals surface area contributed by atoms with Crippen LogP contribution >= 0.6 is 0 Å². The minimum atomic E-state index is -0.752. The molecule has 0 bridgehead atoms. The maximum absolute atomic E-state index is 13.1. The van der Waals surface area contributed by atoms with Gasteiger partial charge in [-0.1, -0.05) is 71.1 Å². The number of unbranched alkanes of at least 4 members (excludes halogenated alkanes) is 4. The third kappa shape index (κ3) is 8.81. The van der Waals surface area contributed by atoms with E-state index in [-0.39, 0.29) is 12.2 Å². The van der Waals surface area contributed by atoms with Gasteiger partial charge in [0, 0.05) is 12.3 Å². The molecule has 1 aromatic rings. The molecule has 1 unspecified atom stereocenters. The Hall–Kier alpha value is -1.87. The van der Waals surface area contributed by atoms with Crippen LogP contribution in [0.15, 0.2) is 24.3 Å². The number of benzene rings is 1. The minimum Gasteiger partial charge on any atom is -0.497 e. The molecule has 0 spiro atoms. The number of fused-ring (bicyclic) bond motifs is 1. The Kier molecular flexibility index (Phi) is 11.3. The molecule has 0 radical (unpaired) electrons. The molecule has 0 aromatic heterocycles. The van der Waals surface area contributed by atoms with Crippen molar-refractivity contribution in [3.63, 3.8) is 0 Å². The molecule has 220 valence electrons. The first-order valence-corrected chi connectivity index (χ1v) is 15.1. The average molecular weight is 548 g/mol. The summed E-state index contributed by atoms with van der Waals surface area (Å²) in [7, 11) is 1.61. The average Bonchev–Trinajstić information content (AvgIpc) is 3.26. The van der Waals surface area contributed by atoms with Crippen LogP contribution < -0.4 is 10.1 Å². The van der Waals surface area contributed by atoms with Gasteiger partial charge in [0.1, 0.15) is 30.2 Å². The highest BCUT2D eigenvalue weighted by Crippen LogP contribution is 2.42. The van der Waals surface area contributed by atoms with Gasteiger partial charge in [0.05, 0.1) is 7.11 Å². The van der Waals surface area contributed by atoms with E-state index in [2.05, 4.69) is 12.2 Å². The Morgan fingerprint density at radius 2 is 1.69 bits per heavy atom.